The molecule has 0 bridgehead atoms. The van der Waals surface area contributed by atoms with E-state index in [1.807, 2.05) is 48.5 Å². The summed E-state index contributed by atoms with van der Waals surface area (Å²) in [5, 5.41) is 7.94. The molecule has 0 radical (unpaired) electrons. The molecule has 0 aromatic heterocycles. The zero-order valence-corrected chi connectivity index (χ0v) is 16.9. The Morgan fingerprint density at radius 2 is 1.48 bits per heavy atom. The van der Waals surface area contributed by atoms with Crippen LogP contribution >= 0.6 is 0 Å². The van der Waals surface area contributed by atoms with E-state index in [4.69, 9.17) is 4.74 Å². The number of hydrogen-bond acceptors (Lipinski definition) is 4. The number of alkyl carbamates (subject to hydrolysis) is 1. The first-order valence-electron chi connectivity index (χ1n) is 8.83. The summed E-state index contributed by atoms with van der Waals surface area (Å²) < 4.78 is 5.10. The zero-order valence-electron chi connectivity index (χ0n) is 16.9. The highest BCUT2D eigenvalue weighted by atomic mass is 16.5. The van der Waals surface area contributed by atoms with Crippen molar-refractivity contribution in [1.29, 1.82) is 0 Å². The molecule has 0 heterocycles. The van der Waals surface area contributed by atoms with E-state index < -0.39 is 29.5 Å². The summed E-state index contributed by atoms with van der Waals surface area (Å²) in [6.45, 7) is 13.7. The van der Waals surface area contributed by atoms with Crippen LogP contribution in [0.3, 0.4) is 0 Å². The van der Waals surface area contributed by atoms with Crippen molar-refractivity contribution >= 4 is 17.9 Å². The van der Waals surface area contributed by atoms with E-state index in [2.05, 4.69) is 16.0 Å². The number of likely N-dealkylation sites (N-methyl/N-ethyl adjacent to an activating group) is 1. The average molecular weight is 357 g/mol. The van der Waals surface area contributed by atoms with E-state index in [0.717, 1.165) is 0 Å². The molecular weight excluding hydrogens is 322 g/mol. The lowest BCUT2D eigenvalue weighted by molar-refractivity contribution is -0.132. The van der Waals surface area contributed by atoms with E-state index in [9.17, 15) is 14.4 Å². The van der Waals surface area contributed by atoms with Gasteiger partial charge in [0.15, 0.2) is 0 Å². The number of rotatable bonds is 8. The number of hydrogen-bond donors (Lipinski definition) is 3. The lowest BCUT2D eigenvalue weighted by atomic mass is 9.85. The second-order valence-corrected chi connectivity index (χ2v) is 8.24. The van der Waals surface area contributed by atoms with Crippen LogP contribution in [0.4, 0.5) is 4.79 Å². The molecule has 0 saturated carbocycles. The second kappa shape index (κ2) is 10.3. The Labute approximate surface area is 151 Å². The molecule has 0 aromatic rings. The summed E-state index contributed by atoms with van der Waals surface area (Å²) in [5.41, 5.74) is -0.462. The number of nitrogens with one attached hydrogen (secondary N) is 3. The first kappa shape index (κ1) is 23.2. The van der Waals surface area contributed by atoms with Crippen molar-refractivity contribution in [1.82, 2.24) is 16.0 Å². The second-order valence-electron chi connectivity index (χ2n) is 8.24. The smallest absolute Gasteiger partial charge is 0.407 e. The molecular formula is C18H35N3O4. The molecule has 0 saturated heterocycles. The SMILES string of the molecule is CNC(=O)C(NC(=O)C(CC(C)C)NC(=O)OCC(C)C)C(C)(C)C. The van der Waals surface area contributed by atoms with Gasteiger partial charge in [-0.3, -0.25) is 9.59 Å². The van der Waals surface area contributed by atoms with E-state index in [1.165, 1.54) is 7.05 Å². The van der Waals surface area contributed by atoms with Crippen LogP contribution in [0.5, 0.6) is 0 Å². The average Bonchev–Trinajstić information content (AvgIpc) is 2.47. The van der Waals surface area contributed by atoms with Crippen molar-refractivity contribution in [2.45, 2.75) is 67.0 Å². The number of carbonyl (C=O) groups is 3. The van der Waals surface area contributed by atoms with Crippen LogP contribution in [0.2, 0.25) is 0 Å². The van der Waals surface area contributed by atoms with Crippen molar-refractivity contribution < 1.29 is 19.1 Å². The molecule has 0 fully saturated rings. The van der Waals surface area contributed by atoms with Gasteiger partial charge < -0.3 is 20.7 Å². The summed E-state index contributed by atoms with van der Waals surface area (Å²) in [6, 6.07) is -1.46. The maximum absolute atomic E-state index is 12.7. The van der Waals surface area contributed by atoms with Gasteiger partial charge >= 0.3 is 6.09 Å². The fourth-order valence-corrected chi connectivity index (χ4v) is 2.19. The maximum atomic E-state index is 12.7. The Bertz CT molecular complexity index is 456. The van der Waals surface area contributed by atoms with Gasteiger partial charge in [-0.05, 0) is 23.7 Å². The van der Waals surface area contributed by atoms with Gasteiger partial charge in [-0.1, -0.05) is 48.5 Å². The third-order valence-electron chi connectivity index (χ3n) is 3.52. The standard InChI is InChI=1S/C18H35N3O4/c1-11(2)9-13(20-17(24)25-10-12(3)4)15(22)21-14(16(23)19-8)18(5,6)7/h11-14H,9-10H2,1-8H3,(H,19,23)(H,20,24)(H,21,22). The van der Waals surface area contributed by atoms with Gasteiger partial charge in [-0.15, -0.1) is 0 Å². The molecule has 0 aliphatic carbocycles. The van der Waals surface area contributed by atoms with Gasteiger partial charge in [0.05, 0.1) is 6.61 Å². The van der Waals surface area contributed by atoms with Gasteiger partial charge in [0, 0.05) is 7.05 Å². The van der Waals surface area contributed by atoms with Crippen LogP contribution in [0.1, 0.15) is 54.9 Å². The van der Waals surface area contributed by atoms with Crippen LogP contribution in [0, 0.1) is 17.3 Å². The normalized spacial score (nSPS) is 14.0. The molecule has 0 aromatic carbocycles. The predicted molar refractivity (Wildman–Crippen MR) is 98.0 cm³/mol. The highest BCUT2D eigenvalue weighted by Crippen LogP contribution is 2.20. The molecule has 0 spiro atoms. The molecule has 146 valence electrons. The van der Waals surface area contributed by atoms with E-state index >= 15 is 0 Å². The molecule has 3 amide bonds. The summed E-state index contributed by atoms with van der Waals surface area (Å²) >= 11 is 0. The summed E-state index contributed by atoms with van der Waals surface area (Å²) in [7, 11) is 1.53. The minimum atomic E-state index is -0.755. The minimum Gasteiger partial charge on any atom is -0.449 e. The Morgan fingerprint density at radius 3 is 1.88 bits per heavy atom. The molecule has 3 N–H and O–H groups in total. The Hall–Kier alpha value is -1.79. The molecule has 25 heavy (non-hydrogen) atoms. The van der Waals surface area contributed by atoms with Crippen LogP contribution < -0.4 is 16.0 Å². The van der Waals surface area contributed by atoms with Crippen molar-refractivity contribution in [3.05, 3.63) is 0 Å². The van der Waals surface area contributed by atoms with Gasteiger partial charge in [0.25, 0.3) is 0 Å². The summed E-state index contributed by atoms with van der Waals surface area (Å²) in [4.78, 5) is 36.7. The highest BCUT2D eigenvalue weighted by Gasteiger charge is 2.34. The van der Waals surface area contributed by atoms with Crippen molar-refractivity contribution in [2.24, 2.45) is 17.3 Å². The van der Waals surface area contributed by atoms with Gasteiger partial charge in [-0.2, -0.15) is 0 Å². The van der Waals surface area contributed by atoms with E-state index in [1.54, 1.807) is 0 Å². The summed E-state index contributed by atoms with van der Waals surface area (Å²) in [6.07, 6.45) is -0.172. The number of amides is 3. The quantitative estimate of drug-likeness (QED) is 0.619. The zero-order chi connectivity index (χ0) is 19.8. The van der Waals surface area contributed by atoms with Crippen molar-refractivity contribution in [3.8, 4) is 0 Å². The van der Waals surface area contributed by atoms with Gasteiger partial charge in [-0.25, -0.2) is 4.79 Å². The largest absolute Gasteiger partial charge is 0.449 e. The van der Waals surface area contributed by atoms with Crippen LogP contribution in [-0.2, 0) is 14.3 Å². The topological polar surface area (TPSA) is 96.5 Å². The molecule has 0 aliphatic heterocycles. The minimum absolute atomic E-state index is 0.189. The third-order valence-corrected chi connectivity index (χ3v) is 3.52. The number of carbonyl (C=O) groups excluding carboxylic acids is 3. The van der Waals surface area contributed by atoms with Crippen molar-refractivity contribution in [3.63, 3.8) is 0 Å². The molecule has 0 aliphatic rings. The fourth-order valence-electron chi connectivity index (χ4n) is 2.19. The Morgan fingerprint density at radius 1 is 0.920 bits per heavy atom. The molecule has 2 unspecified atom stereocenters. The van der Waals surface area contributed by atoms with Crippen LogP contribution in [0.15, 0.2) is 0 Å². The predicted octanol–water partition coefficient (Wildman–Crippen LogP) is 2.06. The molecule has 2 atom stereocenters. The highest BCUT2D eigenvalue weighted by molar-refractivity contribution is 5.91. The van der Waals surface area contributed by atoms with Crippen molar-refractivity contribution in [2.75, 3.05) is 13.7 Å². The van der Waals surface area contributed by atoms with E-state index in [-0.39, 0.29) is 24.3 Å². The lowest BCUT2D eigenvalue weighted by Crippen LogP contribution is -2.57. The molecule has 7 heteroatoms. The first-order chi connectivity index (χ1) is 11.4. The monoisotopic (exact) mass is 357 g/mol. The molecule has 7 nitrogen and oxygen atoms in total. The number of ether oxygens (including phenoxy) is 1. The van der Waals surface area contributed by atoms with Crippen LogP contribution in [-0.4, -0.2) is 43.6 Å². The first-order valence-corrected chi connectivity index (χ1v) is 8.83. The van der Waals surface area contributed by atoms with Gasteiger partial charge in [0.1, 0.15) is 12.1 Å². The van der Waals surface area contributed by atoms with Gasteiger partial charge in [0.2, 0.25) is 11.8 Å². The fraction of sp³-hybridized carbons (Fsp3) is 0.833. The maximum Gasteiger partial charge on any atom is 0.407 e. The van der Waals surface area contributed by atoms with Crippen LogP contribution in [0.25, 0.3) is 0 Å². The summed E-state index contributed by atoms with van der Waals surface area (Å²) in [5.74, 6) is -0.263. The Balaban J connectivity index is 5.09. The van der Waals surface area contributed by atoms with E-state index in [0.29, 0.717) is 6.42 Å². The molecule has 0 rings (SSSR count). The Kier molecular flexibility index (Phi) is 9.52. The third kappa shape index (κ3) is 9.31. The lowest BCUT2D eigenvalue weighted by Gasteiger charge is -2.31.